The minimum atomic E-state index is -2.37. The van der Waals surface area contributed by atoms with Gasteiger partial charge in [0.05, 0.1) is 48.4 Å². The second-order valence-electron chi connectivity index (χ2n) is 31.1. The molecule has 3 saturated heterocycles. The van der Waals surface area contributed by atoms with Crippen molar-refractivity contribution in [2.45, 2.75) is 175 Å². The fraction of sp³-hybridized carbons (Fsp3) is 0.444. The molecule has 8 heterocycles. The highest BCUT2D eigenvalue weighted by molar-refractivity contribution is 6.32. The van der Waals surface area contributed by atoms with E-state index < -0.39 is 237 Å². The first-order valence-electron chi connectivity index (χ1n) is 38.9. The van der Waals surface area contributed by atoms with Crippen LogP contribution in [0.2, 0.25) is 10.0 Å². The fourth-order valence-corrected chi connectivity index (χ4v) is 16.0. The Labute approximate surface area is 701 Å². The number of phenolic OH excluding ortho intramolecular Hbond substituents is 3. The minimum Gasteiger partial charge on any atom is -0.508 e. The first-order valence-corrected chi connectivity index (χ1v) is 39.7. The number of aliphatic hydroxyl groups excluding tert-OH is 6. The smallest absolute Gasteiger partial charge is 0.321 e. The van der Waals surface area contributed by atoms with Gasteiger partial charge in [-0.05, 0) is 172 Å². The second-order valence-corrected chi connectivity index (χ2v) is 31.9. The summed E-state index contributed by atoms with van der Waals surface area (Å²) in [7, 11) is 3.02. The molecule has 18 atom stereocenters. The number of aromatic hydroxyl groups is 3. The van der Waals surface area contributed by atoms with Crippen LogP contribution in [0.15, 0.2) is 103 Å². The van der Waals surface area contributed by atoms with Crippen molar-refractivity contribution in [1.82, 2.24) is 52.9 Å². The number of likely N-dealkylation sites (tertiary alicyclic amines) is 1. The van der Waals surface area contributed by atoms with Crippen LogP contribution in [0.3, 0.4) is 0 Å². The molecule has 0 aliphatic carbocycles. The number of anilines is 1. The van der Waals surface area contributed by atoms with E-state index in [9.17, 15) is 75.1 Å². The summed E-state index contributed by atoms with van der Waals surface area (Å²) in [4.78, 5) is 134. The van der Waals surface area contributed by atoms with E-state index in [4.69, 9.17) is 62.1 Å². The Morgan fingerprint density at radius 3 is 1.95 bits per heavy atom. The zero-order valence-corrected chi connectivity index (χ0v) is 67.7. The van der Waals surface area contributed by atoms with Crippen molar-refractivity contribution >= 4 is 82.2 Å². The van der Waals surface area contributed by atoms with Gasteiger partial charge in [-0.1, -0.05) is 55.2 Å². The highest BCUT2D eigenvalue weighted by atomic mass is 35.5. The van der Waals surface area contributed by atoms with Crippen LogP contribution < -0.4 is 78.0 Å². The number of hydrogen-bond donors (Lipinski definition) is 21. The van der Waals surface area contributed by atoms with Crippen molar-refractivity contribution in [2.24, 2.45) is 17.6 Å². The van der Waals surface area contributed by atoms with Gasteiger partial charge in [0.25, 0.3) is 5.91 Å². The van der Waals surface area contributed by atoms with Gasteiger partial charge in [0.1, 0.15) is 101 Å². The third-order valence-corrected chi connectivity index (χ3v) is 22.8. The number of phenols is 3. The number of fused-ring (bicyclic) bond motifs is 15. The van der Waals surface area contributed by atoms with Crippen LogP contribution in [0.5, 0.6) is 51.7 Å². The normalized spacial score (nSPS) is 27.3. The number of nitrogens with one attached hydrogen (secondary N) is 10. The number of halogens is 2. The van der Waals surface area contributed by atoms with E-state index >= 15 is 19.2 Å². The largest absolute Gasteiger partial charge is 0.508 e. The Morgan fingerprint density at radius 2 is 1.34 bits per heavy atom. The van der Waals surface area contributed by atoms with Gasteiger partial charge >= 0.3 is 6.03 Å². The van der Waals surface area contributed by atoms with Crippen molar-refractivity contribution in [1.29, 1.82) is 0 Å². The number of nitrogens with zero attached hydrogens (tertiary/aromatic N) is 1. The summed E-state index contributed by atoms with van der Waals surface area (Å²) < 4.78 is 44.8. The average molecular weight is 1720 g/mol. The van der Waals surface area contributed by atoms with Gasteiger partial charge in [0.2, 0.25) is 53.4 Å². The Balaban J connectivity index is 0.989. The van der Waals surface area contributed by atoms with E-state index in [-0.39, 0.29) is 58.2 Å². The average Bonchev–Trinajstić information content (AvgIpc) is 0.767. The number of amides is 10. The number of ether oxygens (including phenoxy) is 7. The van der Waals surface area contributed by atoms with Crippen LogP contribution >= 0.6 is 23.2 Å². The Bertz CT molecular complexity index is 4890. The Morgan fingerprint density at radius 1 is 0.711 bits per heavy atom. The van der Waals surface area contributed by atoms with Crippen molar-refractivity contribution in [3.05, 3.63) is 141 Å². The first-order chi connectivity index (χ1) is 57.6. The number of carbonyl (C=O) groups excluding carboxylic acids is 9. The number of aliphatic hydroxyl groups is 6. The van der Waals surface area contributed by atoms with E-state index in [1.54, 1.807) is 50.1 Å². The predicted molar refractivity (Wildman–Crippen MR) is 426 cm³/mol. The lowest BCUT2D eigenvalue weighted by Gasteiger charge is -2.48. The topological polar surface area (TPSA) is 570 Å². The molecular weight excluding hydrogens is 1630 g/mol. The summed E-state index contributed by atoms with van der Waals surface area (Å²) in [5, 5.41) is 139. The number of rotatable bonds is 19. The third-order valence-electron chi connectivity index (χ3n) is 22.2. The molecule has 11 bridgehead atoms. The van der Waals surface area contributed by atoms with E-state index in [2.05, 4.69) is 47.9 Å². The van der Waals surface area contributed by atoms with Crippen LogP contribution in [0.4, 0.5) is 10.5 Å². The van der Waals surface area contributed by atoms with Crippen molar-refractivity contribution < 1.29 is 127 Å². The monoisotopic (exact) mass is 1720 g/mol. The molecule has 14 rings (SSSR count). The van der Waals surface area contributed by atoms with Crippen molar-refractivity contribution in [3.8, 4) is 62.9 Å². The van der Waals surface area contributed by atoms with Crippen LogP contribution in [-0.2, 0) is 52.6 Å². The molecule has 0 aromatic heterocycles. The molecule has 6 aromatic rings. The molecule has 0 radical (unpaired) electrons. The SMILES string of the molecule is CN[C@H](CC(C)C)C(=O)NC1C(=O)N[C@@H](CC(N)=O)C(=O)N[C@H]2C(=O)N[C@H]3C(=O)NC(C(=O)NC(C(=O)NO)c4cc(O)cc(O)c4-c4cc3ccc4O)[C@H](O)c3ccc(c(Cl)c3)Oc3cc2cc(c3OC2O[C@H](CO)[C@@H](O)[C@H](O)[C@H]2OC2C[C@](C)(NCCC3CCN(C(=O)Nc4ccc(OC)cc4)CC3)[C@H](O)[C@H](C)O2)Oc2ccc(cc2Cl)[C@H]1O. The Kier molecular flexibility index (Phi) is 28.0. The molecule has 38 nitrogen and oxygen atoms in total. The summed E-state index contributed by atoms with van der Waals surface area (Å²) in [6, 6.07) is 6.15. The molecule has 6 aromatic carbocycles. The van der Waals surface area contributed by atoms with Gasteiger partial charge in [-0.25, -0.2) is 10.3 Å². The number of carbonyl (C=O) groups is 9. The lowest BCUT2D eigenvalue weighted by Crippen LogP contribution is -2.65. The zero-order chi connectivity index (χ0) is 87.3. The highest BCUT2D eigenvalue weighted by Crippen LogP contribution is 2.50. The number of piperidine rings is 1. The summed E-state index contributed by atoms with van der Waals surface area (Å²) in [5.41, 5.74) is 3.77. The van der Waals surface area contributed by atoms with Crippen LogP contribution in [0.25, 0.3) is 11.1 Å². The molecule has 40 heteroatoms. The summed E-state index contributed by atoms with van der Waals surface area (Å²) in [6.07, 6.45) is -16.7. The third kappa shape index (κ3) is 20.0. The maximum Gasteiger partial charge on any atom is 0.321 e. The summed E-state index contributed by atoms with van der Waals surface area (Å²) >= 11 is 14.3. The molecule has 121 heavy (non-hydrogen) atoms. The number of urea groups is 1. The Hall–Kier alpha value is -10.9. The quantitative estimate of drug-likeness (QED) is 0.0409. The van der Waals surface area contributed by atoms with Crippen LogP contribution in [0.1, 0.15) is 124 Å². The number of likely N-dealkylation sites (N-methyl/N-ethyl adjacent to an activating group) is 1. The molecule has 650 valence electrons. The number of hydroxylamine groups is 1. The fourth-order valence-electron chi connectivity index (χ4n) is 15.6. The van der Waals surface area contributed by atoms with E-state index in [0.717, 1.165) is 66.7 Å². The van der Waals surface area contributed by atoms with Crippen molar-refractivity contribution in [3.63, 3.8) is 0 Å². The lowest BCUT2D eigenvalue weighted by molar-refractivity contribution is -0.334. The number of methoxy groups -OCH3 is 1. The van der Waals surface area contributed by atoms with Gasteiger partial charge in [0, 0.05) is 47.9 Å². The van der Waals surface area contributed by atoms with Gasteiger partial charge in [-0.2, -0.15) is 0 Å². The molecule has 0 saturated carbocycles. The number of nitrogens with two attached hydrogens (primary N) is 1. The molecule has 8 aliphatic rings. The molecule has 22 N–H and O–H groups in total. The molecule has 10 amide bonds. The predicted octanol–water partition coefficient (Wildman–Crippen LogP) is 2.50. The number of benzene rings is 6. The van der Waals surface area contributed by atoms with Gasteiger partial charge in [-0.3, -0.25) is 43.6 Å². The van der Waals surface area contributed by atoms with E-state index in [1.165, 1.54) is 24.7 Å². The maximum absolute atomic E-state index is 16.3. The molecule has 3 fully saturated rings. The molecule has 0 spiro atoms. The molecular formula is C81H96Cl2N12O26. The first kappa shape index (κ1) is 89.3. The molecule has 8 aliphatic heterocycles. The number of primary amides is 1. The van der Waals surface area contributed by atoms with Gasteiger partial charge in [-0.15, -0.1) is 0 Å². The van der Waals surface area contributed by atoms with Crippen molar-refractivity contribution in [2.75, 3.05) is 45.7 Å². The van der Waals surface area contributed by atoms with Crippen LogP contribution in [-0.4, -0.2) is 229 Å². The van der Waals surface area contributed by atoms with Crippen LogP contribution in [0, 0.1) is 11.8 Å². The van der Waals surface area contributed by atoms with Gasteiger partial charge < -0.3 is 138 Å². The lowest BCUT2D eigenvalue weighted by atomic mass is 9.84. The van der Waals surface area contributed by atoms with E-state index in [0.29, 0.717) is 50.3 Å². The number of hydrogen-bond acceptors (Lipinski definition) is 28. The summed E-state index contributed by atoms with van der Waals surface area (Å²) in [6.45, 7) is 7.26. The van der Waals surface area contributed by atoms with E-state index in [1.807, 2.05) is 13.8 Å². The summed E-state index contributed by atoms with van der Waals surface area (Å²) in [5.74, 6) is -14.9. The standard InChI is InChI=1S/C81H96Cl2N12O26/c1-34(2)23-48(85-5)72(106)92-63-65(101)38-8-15-52(46(82)25-38)117-54-27-40-28-55(69(54)121-79-70(68(104)67(103)56(33-96)119-79)120-58-32-81(4,71(105)35(3)116-58)86-20-17-36-18-21-95(22-19-36)80(113)87-41-10-12-43(115-6)13-11-41)118-53-16-9-39(26-47(53)83)66(102)64-77(111)91-62(78(112)94-114)45-29-42(97)30-51(99)59(45)44-24-37(7-14-50(44)98)60(74(108)93-64)90-75(109)61(40)89-73(107)49(31-57(84)100)88-76(63)110/h7-16,24-30,34-36,48-49,56,58,60-68,70-71,79,85-86,96-99,101-105,114H,17-23,31-33H2,1-6H3,(H2,84,100)(H,87,113)(H,88,110)(H,89,107)(H,90,109)(H,91,111)(H,92,106)(H,93,108)(H,94,112)/t35-,48+,49-,56+,58?,60+,61+,62?,63?,64?,65+,66+,67+,68-,70+,71+,79?,81-/m0/s1. The molecule has 5 unspecified atom stereocenters. The second kappa shape index (κ2) is 38.0. The minimum absolute atomic E-state index is 0.112. The zero-order valence-electron chi connectivity index (χ0n) is 66.1. The highest BCUT2D eigenvalue weighted by Gasteiger charge is 2.52. The maximum atomic E-state index is 16.3. The van der Waals surface area contributed by atoms with Gasteiger partial charge in [0.15, 0.2) is 23.9 Å².